The van der Waals surface area contributed by atoms with E-state index in [1.54, 1.807) is 11.3 Å². The Bertz CT molecular complexity index is 454. The minimum absolute atomic E-state index is 0. The van der Waals surface area contributed by atoms with E-state index < -0.39 is 6.04 Å². The molecule has 0 aliphatic carbocycles. The second-order valence-electron chi connectivity index (χ2n) is 4.50. The van der Waals surface area contributed by atoms with Crippen molar-refractivity contribution < 1.29 is 9.59 Å². The van der Waals surface area contributed by atoms with Crippen molar-refractivity contribution in [3.05, 3.63) is 20.8 Å². The third-order valence-electron chi connectivity index (χ3n) is 2.53. The first-order chi connectivity index (χ1) is 8.90. The first-order valence-corrected chi connectivity index (χ1v) is 7.60. The Balaban J connectivity index is 0.00000361. The molecule has 0 aromatic carbocycles. The highest BCUT2D eigenvalue weighted by atomic mass is 79.9. The van der Waals surface area contributed by atoms with Gasteiger partial charge in [0.15, 0.2) is 0 Å². The van der Waals surface area contributed by atoms with Crippen LogP contribution in [0.1, 0.15) is 18.7 Å². The molecule has 1 aromatic rings. The lowest BCUT2D eigenvalue weighted by atomic mass is 10.1. The average Bonchev–Trinajstić information content (AvgIpc) is 2.78. The Kier molecular flexibility index (Phi) is 9.04. The zero-order valence-corrected chi connectivity index (χ0v) is 14.5. The number of hydrogen-bond donors (Lipinski definition) is 3. The van der Waals surface area contributed by atoms with Crippen LogP contribution in [-0.4, -0.2) is 24.4 Å². The first kappa shape index (κ1) is 19.4. The summed E-state index contributed by atoms with van der Waals surface area (Å²) < 4.78 is 0.998. The quantitative estimate of drug-likeness (QED) is 0.697. The van der Waals surface area contributed by atoms with Gasteiger partial charge in [0.1, 0.15) is 0 Å². The molecule has 0 aliphatic rings. The molecule has 114 valence electrons. The fourth-order valence-electron chi connectivity index (χ4n) is 1.28. The highest BCUT2D eigenvalue weighted by Crippen LogP contribution is 2.19. The number of thiophene rings is 1. The molecule has 0 fully saturated rings. The van der Waals surface area contributed by atoms with E-state index in [9.17, 15) is 9.59 Å². The van der Waals surface area contributed by atoms with Gasteiger partial charge in [0.2, 0.25) is 11.8 Å². The summed E-state index contributed by atoms with van der Waals surface area (Å²) in [4.78, 5) is 24.1. The van der Waals surface area contributed by atoms with E-state index >= 15 is 0 Å². The SMILES string of the molecule is CC(C)[C@H](N)C(=O)NCC(=O)NCc1cc(Br)cs1.Cl. The first-order valence-electron chi connectivity index (χ1n) is 5.93. The Morgan fingerprint density at radius 3 is 2.55 bits per heavy atom. The van der Waals surface area contributed by atoms with E-state index in [0.717, 1.165) is 9.35 Å². The maximum absolute atomic E-state index is 11.5. The summed E-state index contributed by atoms with van der Waals surface area (Å²) in [7, 11) is 0. The van der Waals surface area contributed by atoms with Gasteiger partial charge in [-0.2, -0.15) is 0 Å². The third-order valence-corrected chi connectivity index (χ3v) is 4.22. The molecule has 5 nitrogen and oxygen atoms in total. The molecular formula is C12H19BrClN3O2S. The van der Waals surface area contributed by atoms with Crippen LogP contribution in [0.3, 0.4) is 0 Å². The van der Waals surface area contributed by atoms with E-state index in [1.807, 2.05) is 25.3 Å². The number of rotatable bonds is 6. The average molecular weight is 385 g/mol. The zero-order valence-electron chi connectivity index (χ0n) is 11.3. The molecular weight excluding hydrogens is 366 g/mol. The molecule has 0 saturated carbocycles. The molecule has 1 atom stereocenters. The zero-order chi connectivity index (χ0) is 14.4. The van der Waals surface area contributed by atoms with Crippen LogP contribution in [-0.2, 0) is 16.1 Å². The molecule has 20 heavy (non-hydrogen) atoms. The van der Waals surface area contributed by atoms with Gasteiger partial charge in [0, 0.05) is 14.7 Å². The number of nitrogens with two attached hydrogens (primary N) is 1. The number of halogens is 2. The molecule has 2 amide bonds. The van der Waals surface area contributed by atoms with Crippen molar-refractivity contribution in [3.8, 4) is 0 Å². The summed E-state index contributed by atoms with van der Waals surface area (Å²) in [5, 5.41) is 7.20. The Morgan fingerprint density at radius 2 is 2.05 bits per heavy atom. The predicted molar refractivity (Wildman–Crippen MR) is 86.9 cm³/mol. The van der Waals surface area contributed by atoms with E-state index in [4.69, 9.17) is 5.73 Å². The van der Waals surface area contributed by atoms with Crippen molar-refractivity contribution in [2.24, 2.45) is 11.7 Å². The fourth-order valence-corrected chi connectivity index (χ4v) is 2.67. The van der Waals surface area contributed by atoms with Gasteiger partial charge < -0.3 is 16.4 Å². The van der Waals surface area contributed by atoms with Crippen molar-refractivity contribution in [3.63, 3.8) is 0 Å². The standard InChI is InChI=1S/C12H18BrN3O2S.ClH/c1-7(2)11(14)12(18)16-5-10(17)15-4-9-3-8(13)6-19-9;/h3,6-7,11H,4-5,14H2,1-2H3,(H,15,17)(H,16,18);1H/t11-;/m0./s1. The highest BCUT2D eigenvalue weighted by molar-refractivity contribution is 9.10. The van der Waals surface area contributed by atoms with Gasteiger partial charge in [-0.1, -0.05) is 13.8 Å². The highest BCUT2D eigenvalue weighted by Gasteiger charge is 2.17. The summed E-state index contributed by atoms with van der Waals surface area (Å²) in [6.07, 6.45) is 0. The minimum Gasteiger partial charge on any atom is -0.350 e. The van der Waals surface area contributed by atoms with Gasteiger partial charge in [0.25, 0.3) is 0 Å². The van der Waals surface area contributed by atoms with Crippen molar-refractivity contribution in [1.29, 1.82) is 0 Å². The van der Waals surface area contributed by atoms with Crippen LogP contribution in [0.25, 0.3) is 0 Å². The van der Waals surface area contributed by atoms with E-state index in [0.29, 0.717) is 6.54 Å². The summed E-state index contributed by atoms with van der Waals surface area (Å²) in [5.74, 6) is -0.482. The van der Waals surface area contributed by atoms with Crippen LogP contribution < -0.4 is 16.4 Å². The monoisotopic (exact) mass is 383 g/mol. The van der Waals surface area contributed by atoms with Crippen molar-refractivity contribution in [2.75, 3.05) is 6.54 Å². The Morgan fingerprint density at radius 1 is 1.40 bits per heavy atom. The molecule has 1 aromatic heterocycles. The van der Waals surface area contributed by atoms with Crippen LogP contribution in [0.4, 0.5) is 0 Å². The van der Waals surface area contributed by atoms with Crippen molar-refractivity contribution >= 4 is 51.5 Å². The number of carbonyl (C=O) groups excluding carboxylic acids is 2. The molecule has 4 N–H and O–H groups in total. The maximum Gasteiger partial charge on any atom is 0.239 e. The molecule has 0 unspecified atom stereocenters. The van der Waals surface area contributed by atoms with E-state index in [1.165, 1.54) is 0 Å². The van der Waals surface area contributed by atoms with Gasteiger partial charge in [-0.15, -0.1) is 23.7 Å². The van der Waals surface area contributed by atoms with Gasteiger partial charge in [0.05, 0.1) is 19.1 Å². The van der Waals surface area contributed by atoms with Crippen LogP contribution >= 0.6 is 39.7 Å². The number of nitrogens with one attached hydrogen (secondary N) is 2. The molecule has 0 saturated heterocycles. The lowest BCUT2D eigenvalue weighted by molar-refractivity contribution is -0.127. The normalized spacial score (nSPS) is 11.7. The van der Waals surface area contributed by atoms with Crippen molar-refractivity contribution in [2.45, 2.75) is 26.4 Å². The van der Waals surface area contributed by atoms with Crippen molar-refractivity contribution in [1.82, 2.24) is 10.6 Å². The molecule has 1 heterocycles. The largest absolute Gasteiger partial charge is 0.350 e. The number of amides is 2. The fraction of sp³-hybridized carbons (Fsp3) is 0.500. The molecule has 8 heteroatoms. The van der Waals surface area contributed by atoms with Crippen LogP contribution in [0.2, 0.25) is 0 Å². The predicted octanol–water partition coefficient (Wildman–Crippen LogP) is 1.65. The van der Waals surface area contributed by atoms with Gasteiger partial charge in [-0.3, -0.25) is 9.59 Å². The van der Waals surface area contributed by atoms with Gasteiger partial charge >= 0.3 is 0 Å². The third kappa shape index (κ3) is 6.69. The second kappa shape index (κ2) is 9.33. The summed E-state index contributed by atoms with van der Waals surface area (Å²) in [6.45, 7) is 4.13. The molecule has 0 bridgehead atoms. The summed E-state index contributed by atoms with van der Waals surface area (Å²) >= 11 is 4.90. The molecule has 0 aliphatic heterocycles. The van der Waals surface area contributed by atoms with E-state index in [2.05, 4.69) is 26.6 Å². The van der Waals surface area contributed by atoms with Crippen LogP contribution in [0.5, 0.6) is 0 Å². The summed E-state index contributed by atoms with van der Waals surface area (Å²) in [5.41, 5.74) is 5.67. The number of hydrogen-bond acceptors (Lipinski definition) is 4. The van der Waals surface area contributed by atoms with Crippen LogP contribution in [0.15, 0.2) is 15.9 Å². The maximum atomic E-state index is 11.5. The molecule has 0 radical (unpaired) electrons. The topological polar surface area (TPSA) is 84.2 Å². The second-order valence-corrected chi connectivity index (χ2v) is 6.41. The van der Waals surface area contributed by atoms with Crippen LogP contribution in [0, 0.1) is 5.92 Å². The number of carbonyl (C=O) groups is 2. The Labute approximate surface area is 137 Å². The lowest BCUT2D eigenvalue weighted by Crippen LogP contribution is -2.47. The minimum atomic E-state index is -0.582. The van der Waals surface area contributed by atoms with Gasteiger partial charge in [-0.05, 0) is 27.9 Å². The van der Waals surface area contributed by atoms with Gasteiger partial charge in [-0.25, -0.2) is 0 Å². The van der Waals surface area contributed by atoms with E-state index in [-0.39, 0.29) is 36.7 Å². The summed E-state index contributed by atoms with van der Waals surface area (Å²) in [6, 6.07) is 1.36. The molecule has 0 spiro atoms. The lowest BCUT2D eigenvalue weighted by Gasteiger charge is -2.15. The Hall–Kier alpha value is -0.630. The molecule has 1 rings (SSSR count). The smallest absolute Gasteiger partial charge is 0.239 e.